The molecule has 0 saturated carbocycles. The molecule has 0 atom stereocenters. The quantitative estimate of drug-likeness (QED) is 0.317. The Labute approximate surface area is 131 Å². The van der Waals surface area contributed by atoms with Gasteiger partial charge in [-0.1, -0.05) is 0 Å². The topological polar surface area (TPSA) is 80.3 Å². The van der Waals surface area contributed by atoms with Crippen molar-refractivity contribution in [1.82, 2.24) is 0 Å². The van der Waals surface area contributed by atoms with E-state index in [1.54, 1.807) is 0 Å². The fraction of sp³-hybridized carbons (Fsp3) is 0.400. The number of hydrogen-bond donors (Lipinski definition) is 0. The summed E-state index contributed by atoms with van der Waals surface area (Å²) >= 11 is 0. The molecule has 0 aromatic heterocycles. The van der Waals surface area contributed by atoms with Crippen LogP contribution in [-0.4, -0.2) is 47.0 Å². The van der Waals surface area contributed by atoms with E-state index in [-0.39, 0.29) is 35.2 Å². The van der Waals surface area contributed by atoms with Gasteiger partial charge in [0.25, 0.3) is 0 Å². The van der Waals surface area contributed by atoms with Crippen LogP contribution in [-0.2, 0) is 9.59 Å². The van der Waals surface area contributed by atoms with Gasteiger partial charge in [0, 0.05) is 0 Å². The Morgan fingerprint density at radius 1 is 0.762 bits per heavy atom. The van der Waals surface area contributed by atoms with Crippen molar-refractivity contribution >= 4 is 34.6 Å². The molecular weight excluding hydrogens is 322 g/mol. The number of carbonyl (C=O) groups excluding carboxylic acids is 2. The molecule has 0 spiro atoms. The predicted octanol–water partition coefficient (Wildman–Crippen LogP) is 0.383. The van der Waals surface area contributed by atoms with Crippen LogP contribution in [0.25, 0.3) is 0 Å². The molecule has 0 saturated heterocycles. The number of ketones is 2. The Bertz CT molecular complexity index is 382. The minimum atomic E-state index is -4.92. The van der Waals surface area contributed by atoms with Crippen molar-refractivity contribution in [2.75, 3.05) is 0 Å². The standard InChI is InChI=1S/2C5H5F3O2.Mg/c2*1-3(9)2-4(10)5(6,7)8;/h2*2,10H,1H3;/q;;+2/p-2. The molecule has 0 bridgehead atoms. The summed E-state index contributed by atoms with van der Waals surface area (Å²) in [6, 6.07) is 0. The van der Waals surface area contributed by atoms with E-state index in [0.717, 1.165) is 13.8 Å². The zero-order valence-corrected chi connectivity index (χ0v) is 12.2. The molecule has 0 rings (SSSR count). The summed E-state index contributed by atoms with van der Waals surface area (Å²) in [5.74, 6) is -6.02. The average molecular weight is 330 g/mol. The normalized spacial score (nSPS) is 12.8. The number of rotatable bonds is 2. The van der Waals surface area contributed by atoms with Crippen molar-refractivity contribution in [2.24, 2.45) is 0 Å². The average Bonchev–Trinajstić information content (AvgIpc) is 2.13. The van der Waals surface area contributed by atoms with Crippen molar-refractivity contribution in [3.8, 4) is 0 Å². The third kappa shape index (κ3) is 15.0. The Kier molecular flexibility index (Phi) is 11.4. The van der Waals surface area contributed by atoms with Crippen LogP contribution in [0.15, 0.2) is 23.7 Å². The van der Waals surface area contributed by atoms with Gasteiger partial charge in [0.15, 0.2) is 11.6 Å². The van der Waals surface area contributed by atoms with E-state index in [4.69, 9.17) is 0 Å². The summed E-state index contributed by atoms with van der Waals surface area (Å²) in [4.78, 5) is 19.8. The second kappa shape index (κ2) is 9.66. The maximum atomic E-state index is 11.3. The number of carbonyl (C=O) groups is 2. The summed E-state index contributed by atoms with van der Waals surface area (Å²) in [5, 5.41) is 19.7. The van der Waals surface area contributed by atoms with Crippen LogP contribution in [0.3, 0.4) is 0 Å². The molecule has 0 unspecified atom stereocenters. The number of hydrogen-bond acceptors (Lipinski definition) is 4. The van der Waals surface area contributed by atoms with Crippen LogP contribution in [0.4, 0.5) is 26.3 Å². The first-order valence-corrected chi connectivity index (χ1v) is 4.61. The van der Waals surface area contributed by atoms with Crippen LogP contribution in [0.5, 0.6) is 0 Å². The molecule has 0 heterocycles. The van der Waals surface area contributed by atoms with Gasteiger partial charge in [0.2, 0.25) is 0 Å². The predicted molar refractivity (Wildman–Crippen MR) is 55.4 cm³/mol. The van der Waals surface area contributed by atoms with Gasteiger partial charge in [-0.25, -0.2) is 0 Å². The van der Waals surface area contributed by atoms with Crippen LogP contribution in [0, 0.1) is 0 Å². The molecule has 21 heavy (non-hydrogen) atoms. The van der Waals surface area contributed by atoms with Gasteiger partial charge in [-0.3, -0.25) is 9.59 Å². The molecule has 0 fully saturated rings. The van der Waals surface area contributed by atoms with Crippen LogP contribution in [0.1, 0.15) is 13.8 Å². The van der Waals surface area contributed by atoms with Gasteiger partial charge < -0.3 is 10.2 Å². The van der Waals surface area contributed by atoms with Gasteiger partial charge >= 0.3 is 35.4 Å². The van der Waals surface area contributed by atoms with Crippen LogP contribution in [0.2, 0.25) is 0 Å². The zero-order valence-electron chi connectivity index (χ0n) is 10.8. The Morgan fingerprint density at radius 2 is 0.952 bits per heavy atom. The second-order valence-electron chi connectivity index (χ2n) is 3.23. The van der Waals surface area contributed by atoms with Gasteiger partial charge in [0.1, 0.15) is 0 Å². The van der Waals surface area contributed by atoms with E-state index >= 15 is 0 Å². The summed E-state index contributed by atoms with van der Waals surface area (Å²) in [6.45, 7) is 1.76. The Balaban J connectivity index is -0.000000295. The van der Waals surface area contributed by atoms with Gasteiger partial charge in [0.05, 0.1) is 0 Å². The SMILES string of the molecule is CC(=O)C=C([O-])C(F)(F)F.CC(=O)C=C([O-])C(F)(F)F.[Mg+2]. The number of alkyl halides is 6. The first-order chi connectivity index (χ1) is 8.67. The first kappa shape index (κ1) is 24.8. The van der Waals surface area contributed by atoms with Crippen molar-refractivity contribution in [3.63, 3.8) is 0 Å². The minimum absolute atomic E-state index is 0. The molecule has 0 amide bonds. The van der Waals surface area contributed by atoms with Crippen LogP contribution < -0.4 is 10.2 Å². The van der Waals surface area contributed by atoms with Crippen molar-refractivity contribution in [2.45, 2.75) is 26.2 Å². The molecule has 0 aliphatic carbocycles. The van der Waals surface area contributed by atoms with Gasteiger partial charge in [-0.05, 0) is 37.5 Å². The fourth-order valence-electron chi connectivity index (χ4n) is 0.533. The largest absolute Gasteiger partial charge is 2.00 e. The third-order valence-corrected chi connectivity index (χ3v) is 1.23. The van der Waals surface area contributed by atoms with E-state index in [2.05, 4.69) is 0 Å². The maximum absolute atomic E-state index is 11.3. The molecule has 11 heteroatoms. The second-order valence-corrected chi connectivity index (χ2v) is 3.23. The van der Waals surface area contributed by atoms with Crippen molar-refractivity contribution in [1.29, 1.82) is 0 Å². The van der Waals surface area contributed by atoms with Gasteiger partial charge in [-0.2, -0.15) is 26.3 Å². The van der Waals surface area contributed by atoms with E-state index < -0.39 is 35.4 Å². The smallest absolute Gasteiger partial charge is 0.869 e. The maximum Gasteiger partial charge on any atom is 2.00 e. The minimum Gasteiger partial charge on any atom is -0.869 e. The zero-order chi connectivity index (χ0) is 16.7. The monoisotopic (exact) mass is 330 g/mol. The van der Waals surface area contributed by atoms with E-state index in [1.165, 1.54) is 0 Å². The molecule has 0 aromatic carbocycles. The summed E-state index contributed by atoms with van der Waals surface area (Å²) in [7, 11) is 0. The summed E-state index contributed by atoms with van der Waals surface area (Å²) < 4.78 is 67.7. The molecule has 4 nitrogen and oxygen atoms in total. The molecule has 0 aromatic rings. The van der Waals surface area contributed by atoms with E-state index in [0.29, 0.717) is 0 Å². The van der Waals surface area contributed by atoms with Crippen molar-refractivity contribution in [3.05, 3.63) is 23.7 Å². The summed E-state index contributed by atoms with van der Waals surface area (Å²) in [5.41, 5.74) is 0. The van der Waals surface area contributed by atoms with Gasteiger partial charge in [-0.15, -0.1) is 0 Å². The first-order valence-electron chi connectivity index (χ1n) is 4.61. The molecule has 0 aliphatic heterocycles. The van der Waals surface area contributed by atoms with E-state index in [9.17, 15) is 46.1 Å². The molecular formula is C10H8F6MgO4. The van der Waals surface area contributed by atoms with Crippen LogP contribution >= 0.6 is 0 Å². The Morgan fingerprint density at radius 3 is 1.00 bits per heavy atom. The molecule has 116 valence electrons. The molecule has 0 radical (unpaired) electrons. The Hall–Kier alpha value is -1.23. The van der Waals surface area contributed by atoms with Crippen molar-refractivity contribution < 1.29 is 46.1 Å². The molecule has 0 N–H and O–H groups in total. The fourth-order valence-corrected chi connectivity index (χ4v) is 0.533. The molecule has 0 aliphatic rings. The number of halogens is 6. The number of allylic oxidation sites excluding steroid dienone is 4. The third-order valence-electron chi connectivity index (χ3n) is 1.23. The summed E-state index contributed by atoms with van der Waals surface area (Å²) in [6.07, 6.45) is -9.82. The van der Waals surface area contributed by atoms with E-state index in [1.807, 2.05) is 0 Å².